The monoisotopic (exact) mass is 414 g/mol. The van der Waals surface area contributed by atoms with Crippen LogP contribution < -0.4 is 9.47 Å². The lowest BCUT2D eigenvalue weighted by atomic mass is 9.89. The van der Waals surface area contributed by atoms with Crippen molar-refractivity contribution >= 4 is 14.2 Å². The van der Waals surface area contributed by atoms with Gasteiger partial charge in [-0.1, -0.05) is 56.2 Å². The quantitative estimate of drug-likeness (QED) is 0.217. The van der Waals surface area contributed by atoms with Gasteiger partial charge in [-0.3, -0.25) is 9.36 Å². The molecule has 5 heteroatoms. The standard InChI is InChI=1S/C24H31O4P/c1-4-19(23(25)21-15-10-16-22(27-2)24(21)28-3)13-8-9-14-20(29-26)17-18-11-6-5-7-12-18/h5-7,10-12,15-16,19-20H,4,8-9,13-14,17H2,1-3H3. The Bertz CT molecular complexity index is 776. The van der Waals surface area contributed by atoms with Crippen molar-refractivity contribution in [2.45, 2.75) is 51.1 Å². The number of para-hydroxylation sites is 1. The lowest BCUT2D eigenvalue weighted by Crippen LogP contribution is -2.15. The second-order valence-corrected chi connectivity index (χ2v) is 8.19. The van der Waals surface area contributed by atoms with Gasteiger partial charge < -0.3 is 9.47 Å². The fraction of sp³-hybridized carbons (Fsp3) is 0.458. The van der Waals surface area contributed by atoms with Crippen molar-refractivity contribution in [3.8, 4) is 11.5 Å². The maximum atomic E-state index is 13.1. The van der Waals surface area contributed by atoms with Crippen LogP contribution in [-0.2, 0) is 11.0 Å². The molecule has 0 aliphatic carbocycles. The number of carbonyl (C=O) groups excluding carboxylic acids is 1. The molecular formula is C24H31O4P. The number of hydrogen-bond donors (Lipinski definition) is 0. The van der Waals surface area contributed by atoms with Gasteiger partial charge in [0.25, 0.3) is 0 Å². The average Bonchev–Trinajstić information content (AvgIpc) is 2.77. The van der Waals surface area contributed by atoms with E-state index in [4.69, 9.17) is 9.47 Å². The van der Waals surface area contributed by atoms with Gasteiger partial charge in [-0.2, -0.15) is 0 Å². The first-order valence-electron chi connectivity index (χ1n) is 10.3. The number of Topliss-reactive ketones (excluding diaryl/α,β-unsaturated/α-hetero) is 1. The molecule has 0 amide bonds. The zero-order valence-corrected chi connectivity index (χ0v) is 18.5. The van der Waals surface area contributed by atoms with Gasteiger partial charge in [0, 0.05) is 11.6 Å². The third kappa shape index (κ3) is 6.68. The molecule has 0 saturated heterocycles. The van der Waals surface area contributed by atoms with Crippen LogP contribution in [0.3, 0.4) is 0 Å². The van der Waals surface area contributed by atoms with Gasteiger partial charge in [-0.15, -0.1) is 0 Å². The summed E-state index contributed by atoms with van der Waals surface area (Å²) >= 11 is 0. The fourth-order valence-electron chi connectivity index (χ4n) is 3.67. The zero-order valence-electron chi connectivity index (χ0n) is 17.6. The van der Waals surface area contributed by atoms with Crippen LogP contribution in [0.1, 0.15) is 54.9 Å². The summed E-state index contributed by atoms with van der Waals surface area (Å²) in [5.74, 6) is 1.14. The van der Waals surface area contributed by atoms with Crippen molar-refractivity contribution in [2.24, 2.45) is 5.92 Å². The first-order chi connectivity index (χ1) is 14.1. The molecule has 2 unspecified atom stereocenters. The lowest BCUT2D eigenvalue weighted by molar-refractivity contribution is 0.0904. The normalized spacial score (nSPS) is 13.1. The van der Waals surface area contributed by atoms with Crippen molar-refractivity contribution in [3.05, 3.63) is 59.7 Å². The van der Waals surface area contributed by atoms with E-state index >= 15 is 0 Å². The highest BCUT2D eigenvalue weighted by atomic mass is 31.1. The maximum absolute atomic E-state index is 13.1. The highest BCUT2D eigenvalue weighted by molar-refractivity contribution is 7.24. The lowest BCUT2D eigenvalue weighted by Gasteiger charge is -2.17. The van der Waals surface area contributed by atoms with E-state index in [1.807, 2.05) is 31.2 Å². The van der Waals surface area contributed by atoms with E-state index in [0.29, 0.717) is 17.1 Å². The first kappa shape index (κ1) is 23.1. The van der Waals surface area contributed by atoms with Crippen LogP contribution in [-0.4, -0.2) is 25.7 Å². The summed E-state index contributed by atoms with van der Waals surface area (Å²) in [7, 11) is 3.33. The van der Waals surface area contributed by atoms with Crippen LogP contribution in [0.2, 0.25) is 0 Å². The molecule has 0 spiro atoms. The van der Waals surface area contributed by atoms with E-state index in [9.17, 15) is 9.36 Å². The van der Waals surface area contributed by atoms with Gasteiger partial charge in [-0.25, -0.2) is 0 Å². The molecule has 0 saturated carbocycles. The zero-order chi connectivity index (χ0) is 21.1. The van der Waals surface area contributed by atoms with Gasteiger partial charge in [-0.05, 0) is 43.4 Å². The molecule has 0 aliphatic rings. The van der Waals surface area contributed by atoms with Gasteiger partial charge >= 0.3 is 0 Å². The molecule has 0 fully saturated rings. The third-order valence-corrected chi connectivity index (χ3v) is 6.07. The Balaban J connectivity index is 1.90. The summed E-state index contributed by atoms with van der Waals surface area (Å²) in [6, 6.07) is 15.6. The Hall–Kier alpha value is -2.19. The van der Waals surface area contributed by atoms with Gasteiger partial charge in [0.05, 0.1) is 19.8 Å². The predicted octanol–water partition coefficient (Wildman–Crippen LogP) is 6.38. The topological polar surface area (TPSA) is 52.6 Å². The maximum Gasteiger partial charge on any atom is 0.171 e. The van der Waals surface area contributed by atoms with E-state index in [2.05, 4.69) is 12.1 Å². The van der Waals surface area contributed by atoms with Crippen LogP contribution in [0.15, 0.2) is 48.5 Å². The minimum atomic E-state index is -0.0478. The van der Waals surface area contributed by atoms with Crippen LogP contribution in [0, 0.1) is 5.92 Å². The SMILES string of the molecule is CCC(CCCCC(Cc1ccccc1)P=O)C(=O)c1cccc(OC)c1OC. The number of carbonyl (C=O) groups is 1. The van der Waals surface area contributed by atoms with Crippen molar-refractivity contribution in [1.82, 2.24) is 0 Å². The number of methoxy groups -OCH3 is 2. The number of unbranched alkanes of at least 4 members (excludes halogenated alkanes) is 1. The summed E-state index contributed by atoms with van der Waals surface area (Å²) in [4.78, 5) is 13.1. The molecule has 0 aromatic heterocycles. The van der Waals surface area contributed by atoms with E-state index in [1.54, 1.807) is 26.4 Å². The average molecular weight is 414 g/mol. The van der Waals surface area contributed by atoms with E-state index in [-0.39, 0.29) is 25.8 Å². The molecule has 0 aliphatic heterocycles. The molecule has 0 bridgehead atoms. The highest BCUT2D eigenvalue weighted by Gasteiger charge is 2.23. The molecule has 0 N–H and O–H groups in total. The van der Waals surface area contributed by atoms with Crippen LogP contribution in [0.5, 0.6) is 11.5 Å². The van der Waals surface area contributed by atoms with Crippen LogP contribution in [0.4, 0.5) is 0 Å². The van der Waals surface area contributed by atoms with Crippen molar-refractivity contribution in [2.75, 3.05) is 14.2 Å². The molecule has 4 nitrogen and oxygen atoms in total. The van der Waals surface area contributed by atoms with Crippen LogP contribution in [0.25, 0.3) is 0 Å². The molecule has 2 rings (SSSR count). The van der Waals surface area contributed by atoms with Gasteiger partial charge in [0.15, 0.2) is 25.7 Å². The minimum Gasteiger partial charge on any atom is -0.493 e. The molecule has 2 aromatic carbocycles. The number of hydrogen-bond acceptors (Lipinski definition) is 4. The molecule has 2 atom stereocenters. The smallest absolute Gasteiger partial charge is 0.171 e. The van der Waals surface area contributed by atoms with E-state index < -0.39 is 0 Å². The molecule has 156 valence electrons. The summed E-state index contributed by atoms with van der Waals surface area (Å²) < 4.78 is 22.3. The summed E-state index contributed by atoms with van der Waals surface area (Å²) in [5.41, 5.74) is 1.93. The Morgan fingerprint density at radius 1 is 0.966 bits per heavy atom. The fourth-order valence-corrected chi connectivity index (χ4v) is 4.24. The predicted molar refractivity (Wildman–Crippen MR) is 118 cm³/mol. The van der Waals surface area contributed by atoms with E-state index in [1.165, 1.54) is 5.56 Å². The summed E-state index contributed by atoms with van der Waals surface area (Å²) in [6.45, 7) is 2.05. The number of ketones is 1. The highest BCUT2D eigenvalue weighted by Crippen LogP contribution is 2.33. The molecular weight excluding hydrogens is 383 g/mol. The largest absolute Gasteiger partial charge is 0.493 e. The number of rotatable bonds is 13. The second kappa shape index (κ2) is 12.4. The molecule has 29 heavy (non-hydrogen) atoms. The first-order valence-corrected chi connectivity index (χ1v) is 11.1. The Kier molecular flexibility index (Phi) is 9.87. The molecule has 2 aromatic rings. The minimum absolute atomic E-state index is 0.0478. The Morgan fingerprint density at radius 2 is 1.69 bits per heavy atom. The van der Waals surface area contributed by atoms with Gasteiger partial charge in [0.1, 0.15) is 0 Å². The van der Waals surface area contributed by atoms with Gasteiger partial charge in [0.2, 0.25) is 0 Å². The third-order valence-electron chi connectivity index (χ3n) is 5.34. The summed E-state index contributed by atoms with van der Waals surface area (Å²) in [6.07, 6.45) is 5.23. The number of ether oxygens (including phenoxy) is 2. The molecule has 0 radical (unpaired) electrons. The van der Waals surface area contributed by atoms with Crippen LogP contribution >= 0.6 is 8.46 Å². The van der Waals surface area contributed by atoms with Crippen molar-refractivity contribution in [3.63, 3.8) is 0 Å². The van der Waals surface area contributed by atoms with E-state index in [0.717, 1.165) is 38.5 Å². The second-order valence-electron chi connectivity index (χ2n) is 7.24. The van der Waals surface area contributed by atoms with Crippen molar-refractivity contribution < 1.29 is 18.8 Å². The Labute approximate surface area is 175 Å². The summed E-state index contributed by atoms with van der Waals surface area (Å²) in [5, 5.41) is 0. The molecule has 0 heterocycles. The Morgan fingerprint density at radius 3 is 2.31 bits per heavy atom. The van der Waals surface area contributed by atoms with Crippen molar-refractivity contribution in [1.29, 1.82) is 0 Å². The number of benzene rings is 2.